The normalized spacial score (nSPS) is 10.5. The van der Waals surface area contributed by atoms with Crippen LogP contribution in [0.4, 0.5) is 5.69 Å². The van der Waals surface area contributed by atoms with E-state index < -0.39 is 16.7 Å². The van der Waals surface area contributed by atoms with Crippen molar-refractivity contribution in [3.63, 3.8) is 0 Å². The lowest BCUT2D eigenvalue weighted by molar-refractivity contribution is -0.384. The second kappa shape index (κ2) is 9.27. The van der Waals surface area contributed by atoms with Gasteiger partial charge in [0.05, 0.1) is 9.80 Å². The van der Waals surface area contributed by atoms with Crippen molar-refractivity contribution in [2.24, 2.45) is 0 Å². The summed E-state index contributed by atoms with van der Waals surface area (Å²) in [5.41, 5.74) is 6.42. The van der Waals surface area contributed by atoms with E-state index in [0.717, 1.165) is 15.8 Å². The number of hydrazine groups is 1. The van der Waals surface area contributed by atoms with Crippen molar-refractivity contribution in [2.75, 3.05) is 6.61 Å². The molecule has 0 spiro atoms. The van der Waals surface area contributed by atoms with Crippen molar-refractivity contribution in [2.45, 2.75) is 0 Å². The van der Waals surface area contributed by atoms with Crippen molar-refractivity contribution in [1.82, 2.24) is 10.9 Å². The number of rotatable bonds is 6. The van der Waals surface area contributed by atoms with Crippen LogP contribution in [0.1, 0.15) is 9.67 Å². The Hall–Kier alpha value is -4.24. The van der Waals surface area contributed by atoms with E-state index in [0.29, 0.717) is 16.0 Å². The SMILES string of the molecule is O=C(COc1ccccc1-c1ccccc1)NNC(=O)c1cc2cc([N+](=O)[O-])ccc2s1. The second-order valence-electron chi connectivity index (χ2n) is 6.74. The number of hydrogen-bond donors (Lipinski definition) is 2. The molecule has 0 aliphatic rings. The molecule has 160 valence electrons. The van der Waals surface area contributed by atoms with E-state index >= 15 is 0 Å². The molecule has 0 aliphatic carbocycles. The lowest BCUT2D eigenvalue weighted by atomic mass is 10.1. The zero-order chi connectivity index (χ0) is 22.5. The number of carbonyl (C=O) groups is 2. The molecule has 1 heterocycles. The van der Waals surface area contributed by atoms with Crippen molar-refractivity contribution >= 4 is 38.9 Å². The summed E-state index contributed by atoms with van der Waals surface area (Å²) >= 11 is 1.17. The Balaban J connectivity index is 1.35. The Kier molecular flexibility index (Phi) is 6.09. The quantitative estimate of drug-likeness (QED) is 0.338. The number of benzene rings is 3. The maximum absolute atomic E-state index is 12.4. The molecule has 2 N–H and O–H groups in total. The predicted octanol–water partition coefficient (Wildman–Crippen LogP) is 4.32. The molecule has 0 fully saturated rings. The number of non-ortho nitro benzene ring substituents is 1. The highest BCUT2D eigenvalue weighted by molar-refractivity contribution is 7.20. The highest BCUT2D eigenvalue weighted by Gasteiger charge is 2.14. The fourth-order valence-corrected chi connectivity index (χ4v) is 4.01. The summed E-state index contributed by atoms with van der Waals surface area (Å²) in [5, 5.41) is 11.5. The Morgan fingerprint density at radius 3 is 2.47 bits per heavy atom. The van der Waals surface area contributed by atoms with Crippen LogP contribution in [0.25, 0.3) is 21.2 Å². The topological polar surface area (TPSA) is 111 Å². The van der Waals surface area contributed by atoms with Crippen LogP contribution in [-0.2, 0) is 4.79 Å². The highest BCUT2D eigenvalue weighted by atomic mass is 32.1. The van der Waals surface area contributed by atoms with Crippen LogP contribution in [0.5, 0.6) is 5.75 Å². The summed E-state index contributed by atoms with van der Waals surface area (Å²) in [6.07, 6.45) is 0. The first-order chi connectivity index (χ1) is 15.5. The molecule has 0 atom stereocenters. The van der Waals surface area contributed by atoms with E-state index in [1.165, 1.54) is 23.5 Å². The van der Waals surface area contributed by atoms with Gasteiger partial charge < -0.3 is 4.74 Å². The Morgan fingerprint density at radius 1 is 0.938 bits per heavy atom. The second-order valence-corrected chi connectivity index (χ2v) is 7.83. The minimum Gasteiger partial charge on any atom is -0.483 e. The van der Waals surface area contributed by atoms with Gasteiger partial charge >= 0.3 is 0 Å². The standard InChI is InChI=1S/C23H17N3O5S/c27-22(14-31-19-9-5-4-8-18(19)15-6-2-1-3-7-15)24-25-23(28)21-13-16-12-17(26(29)30)10-11-20(16)32-21/h1-13H,14H2,(H,24,27)(H,25,28). The number of thiophene rings is 1. The molecule has 2 amide bonds. The molecule has 0 radical (unpaired) electrons. The first kappa shape index (κ1) is 21.0. The molecule has 3 aromatic carbocycles. The predicted molar refractivity (Wildman–Crippen MR) is 121 cm³/mol. The van der Waals surface area contributed by atoms with Gasteiger partial charge in [-0.1, -0.05) is 48.5 Å². The molecule has 0 saturated carbocycles. The van der Waals surface area contributed by atoms with Crippen LogP contribution in [0.15, 0.2) is 78.9 Å². The summed E-state index contributed by atoms with van der Waals surface area (Å²) in [7, 11) is 0. The summed E-state index contributed by atoms with van der Waals surface area (Å²) in [4.78, 5) is 35.3. The smallest absolute Gasteiger partial charge is 0.279 e. The van der Waals surface area contributed by atoms with Crippen molar-refractivity contribution in [3.8, 4) is 16.9 Å². The lowest BCUT2D eigenvalue weighted by Crippen LogP contribution is -2.43. The minimum absolute atomic E-state index is 0.0523. The third kappa shape index (κ3) is 4.73. The number of fused-ring (bicyclic) bond motifs is 1. The first-order valence-corrected chi connectivity index (χ1v) is 10.4. The summed E-state index contributed by atoms with van der Waals surface area (Å²) < 4.78 is 6.38. The molecule has 0 bridgehead atoms. The Morgan fingerprint density at radius 2 is 1.69 bits per heavy atom. The van der Waals surface area contributed by atoms with E-state index in [-0.39, 0.29) is 12.3 Å². The number of amides is 2. The highest BCUT2D eigenvalue weighted by Crippen LogP contribution is 2.30. The zero-order valence-corrected chi connectivity index (χ0v) is 17.4. The van der Waals surface area contributed by atoms with E-state index in [4.69, 9.17) is 4.74 Å². The minimum atomic E-state index is -0.530. The molecular weight excluding hydrogens is 430 g/mol. The molecule has 0 unspecified atom stereocenters. The number of carbonyl (C=O) groups excluding carboxylic acids is 2. The molecule has 4 aromatic rings. The van der Waals surface area contributed by atoms with Gasteiger partial charge in [0.25, 0.3) is 17.5 Å². The van der Waals surface area contributed by atoms with Crippen molar-refractivity contribution in [1.29, 1.82) is 0 Å². The van der Waals surface area contributed by atoms with E-state index in [1.54, 1.807) is 18.2 Å². The molecular formula is C23H17N3O5S. The fourth-order valence-electron chi connectivity index (χ4n) is 3.07. The molecule has 0 saturated heterocycles. The van der Waals surface area contributed by atoms with E-state index in [9.17, 15) is 19.7 Å². The average Bonchev–Trinajstić information content (AvgIpc) is 3.25. The molecule has 32 heavy (non-hydrogen) atoms. The largest absolute Gasteiger partial charge is 0.483 e. The van der Waals surface area contributed by atoms with Crippen LogP contribution < -0.4 is 15.6 Å². The van der Waals surface area contributed by atoms with Crippen LogP contribution in [0, 0.1) is 10.1 Å². The van der Waals surface area contributed by atoms with Crippen LogP contribution >= 0.6 is 11.3 Å². The van der Waals surface area contributed by atoms with Gasteiger partial charge in [0.15, 0.2) is 6.61 Å². The van der Waals surface area contributed by atoms with Gasteiger partial charge in [-0.2, -0.15) is 0 Å². The van der Waals surface area contributed by atoms with Crippen molar-refractivity contribution < 1.29 is 19.2 Å². The third-order valence-corrected chi connectivity index (χ3v) is 5.70. The van der Waals surface area contributed by atoms with Gasteiger partial charge in [-0.15, -0.1) is 11.3 Å². The Bertz CT molecular complexity index is 1300. The van der Waals surface area contributed by atoms with Gasteiger partial charge in [-0.05, 0) is 23.8 Å². The molecule has 9 heteroatoms. The monoisotopic (exact) mass is 447 g/mol. The molecule has 0 aliphatic heterocycles. The number of ether oxygens (including phenoxy) is 1. The number of nitro groups is 1. The summed E-state index contributed by atoms with van der Waals surface area (Å²) in [6.45, 7) is -0.289. The summed E-state index contributed by atoms with van der Waals surface area (Å²) in [5.74, 6) is -0.504. The van der Waals surface area contributed by atoms with Gasteiger partial charge in [-0.3, -0.25) is 30.6 Å². The maximum Gasteiger partial charge on any atom is 0.279 e. The van der Waals surface area contributed by atoms with Gasteiger partial charge in [0, 0.05) is 27.8 Å². The van der Waals surface area contributed by atoms with Crippen LogP contribution in [0.3, 0.4) is 0 Å². The lowest BCUT2D eigenvalue weighted by Gasteiger charge is -2.12. The van der Waals surface area contributed by atoms with Gasteiger partial charge in [-0.25, -0.2) is 0 Å². The fraction of sp³-hybridized carbons (Fsp3) is 0.0435. The van der Waals surface area contributed by atoms with E-state index in [2.05, 4.69) is 10.9 Å². The first-order valence-electron chi connectivity index (χ1n) is 9.56. The van der Waals surface area contributed by atoms with Crippen LogP contribution in [-0.4, -0.2) is 23.3 Å². The third-order valence-electron chi connectivity index (χ3n) is 4.58. The molecule has 8 nitrogen and oxygen atoms in total. The van der Waals surface area contributed by atoms with Crippen molar-refractivity contribution in [3.05, 3.63) is 93.9 Å². The number of nitro benzene ring substituents is 1. The zero-order valence-electron chi connectivity index (χ0n) is 16.6. The molecule has 4 rings (SSSR count). The maximum atomic E-state index is 12.4. The Labute approximate surface area is 186 Å². The van der Waals surface area contributed by atoms with Gasteiger partial charge in [0.2, 0.25) is 0 Å². The average molecular weight is 447 g/mol. The summed E-state index contributed by atoms with van der Waals surface area (Å²) in [6, 6.07) is 22.9. The van der Waals surface area contributed by atoms with E-state index in [1.807, 2.05) is 48.5 Å². The molecule has 1 aromatic heterocycles. The number of hydrogen-bond acceptors (Lipinski definition) is 6. The number of nitrogens with one attached hydrogen (secondary N) is 2. The number of para-hydroxylation sites is 1. The number of nitrogens with zero attached hydrogens (tertiary/aromatic N) is 1. The van der Waals surface area contributed by atoms with Gasteiger partial charge in [0.1, 0.15) is 5.75 Å². The van der Waals surface area contributed by atoms with Crippen LogP contribution in [0.2, 0.25) is 0 Å².